The first kappa shape index (κ1) is 16.7. The van der Waals surface area contributed by atoms with Gasteiger partial charge in [0.25, 0.3) is 0 Å². The van der Waals surface area contributed by atoms with Crippen molar-refractivity contribution in [1.82, 2.24) is 15.0 Å². The lowest BCUT2D eigenvalue weighted by Gasteiger charge is -2.10. The van der Waals surface area contributed by atoms with Gasteiger partial charge in [-0.15, -0.1) is 0 Å². The summed E-state index contributed by atoms with van der Waals surface area (Å²) in [7, 11) is -4.48. The Kier molecular flexibility index (Phi) is 5.10. The Morgan fingerprint density at radius 1 is 1.13 bits per heavy atom. The number of hydrogen-bond donors (Lipinski definition) is 5. The molecule has 0 saturated carbocycles. The van der Waals surface area contributed by atoms with Crippen LogP contribution in [0.25, 0.3) is 0 Å². The molecule has 1 aromatic carbocycles. The van der Waals surface area contributed by atoms with E-state index in [1.54, 1.807) is 0 Å². The maximum absolute atomic E-state index is 11.3. The van der Waals surface area contributed by atoms with Crippen LogP contribution in [0.4, 0.5) is 17.6 Å². The summed E-state index contributed by atoms with van der Waals surface area (Å²) in [4.78, 5) is 20.7. The monoisotopic (exact) mass is 341 g/mol. The number of benzene rings is 1. The van der Waals surface area contributed by atoms with Crippen LogP contribution >= 0.6 is 0 Å². The van der Waals surface area contributed by atoms with Crippen LogP contribution in [-0.4, -0.2) is 46.4 Å². The maximum atomic E-state index is 11.3. The van der Waals surface area contributed by atoms with Gasteiger partial charge in [-0.3, -0.25) is 4.98 Å². The van der Waals surface area contributed by atoms with Gasteiger partial charge in [-0.2, -0.15) is 9.97 Å². The highest BCUT2D eigenvalue weighted by molar-refractivity contribution is 7.85. The molecule has 0 radical (unpaired) electrons. The first-order valence-electron chi connectivity index (χ1n) is 6.25. The number of nitrogens with zero attached hydrogens (tertiary/aromatic N) is 2. The molecular weight excluding hydrogens is 328 g/mol. The smallest absolute Gasteiger partial charge is 0.350 e. The molecule has 0 unspecified atom stereocenters. The van der Waals surface area contributed by atoms with Gasteiger partial charge in [-0.25, -0.2) is 13.2 Å². The number of nitrogens with one attached hydrogen (secondary N) is 4. The molecule has 0 spiro atoms. The first-order chi connectivity index (χ1) is 10.9. The van der Waals surface area contributed by atoms with Crippen LogP contribution in [0, 0.1) is 0 Å². The molecule has 23 heavy (non-hydrogen) atoms. The third kappa shape index (κ3) is 4.91. The molecule has 0 amide bonds. The summed E-state index contributed by atoms with van der Waals surface area (Å²) in [5.74, 6) is 0.0796. The number of hydrogen-bond acceptors (Lipinski definition) is 10. The highest BCUT2D eigenvalue weighted by Crippen LogP contribution is 2.13. The number of aliphatic hydroxyl groups excluding tert-OH is 1. The van der Waals surface area contributed by atoms with E-state index < -0.39 is 22.5 Å². The SMILES string of the molecule is O=c1nc(NCNc2ccc(S(=O)(=O)[O-])cc2)nc(NCO)[nH]1. The molecular formula is C11H13N6O5S-. The molecule has 2 rings (SSSR count). The van der Waals surface area contributed by atoms with Crippen LogP contribution in [0.2, 0.25) is 0 Å². The number of rotatable bonds is 7. The van der Waals surface area contributed by atoms with Gasteiger partial charge in [0.2, 0.25) is 11.9 Å². The predicted molar refractivity (Wildman–Crippen MR) is 79.9 cm³/mol. The van der Waals surface area contributed by atoms with Crippen molar-refractivity contribution in [2.24, 2.45) is 0 Å². The summed E-state index contributed by atoms with van der Waals surface area (Å²) in [5.41, 5.74) is -0.105. The average molecular weight is 341 g/mol. The Bertz CT molecular complexity index is 820. The van der Waals surface area contributed by atoms with Gasteiger partial charge in [0.1, 0.15) is 16.8 Å². The van der Waals surface area contributed by atoms with E-state index in [0.29, 0.717) is 5.69 Å². The zero-order valence-corrected chi connectivity index (χ0v) is 12.4. The van der Waals surface area contributed by atoms with Crippen LogP contribution in [0.15, 0.2) is 34.0 Å². The fourth-order valence-corrected chi connectivity index (χ4v) is 2.06. The molecule has 0 aliphatic heterocycles. The van der Waals surface area contributed by atoms with E-state index in [1.807, 2.05) is 0 Å². The van der Waals surface area contributed by atoms with E-state index in [9.17, 15) is 17.8 Å². The van der Waals surface area contributed by atoms with E-state index in [0.717, 1.165) is 0 Å². The van der Waals surface area contributed by atoms with Crippen molar-refractivity contribution < 1.29 is 18.1 Å². The van der Waals surface area contributed by atoms with Crippen LogP contribution in [-0.2, 0) is 10.1 Å². The van der Waals surface area contributed by atoms with Crippen molar-refractivity contribution in [1.29, 1.82) is 0 Å². The van der Waals surface area contributed by atoms with Crippen LogP contribution in [0.1, 0.15) is 0 Å². The Morgan fingerprint density at radius 3 is 2.43 bits per heavy atom. The predicted octanol–water partition coefficient (Wildman–Crippen LogP) is -1.09. The van der Waals surface area contributed by atoms with Gasteiger partial charge in [0, 0.05) is 5.69 Å². The van der Waals surface area contributed by atoms with Crippen LogP contribution in [0.3, 0.4) is 0 Å². The molecule has 0 aliphatic carbocycles. The number of aromatic nitrogens is 3. The molecule has 0 saturated heterocycles. The minimum atomic E-state index is -4.48. The fourth-order valence-electron chi connectivity index (χ4n) is 1.59. The summed E-state index contributed by atoms with van der Waals surface area (Å²) >= 11 is 0. The van der Waals surface area contributed by atoms with E-state index in [-0.39, 0.29) is 23.5 Å². The van der Waals surface area contributed by atoms with Crippen LogP contribution in [0.5, 0.6) is 0 Å². The van der Waals surface area contributed by atoms with Gasteiger partial charge in [0.15, 0.2) is 0 Å². The lowest BCUT2D eigenvalue weighted by molar-refractivity contribution is 0.324. The van der Waals surface area contributed by atoms with Gasteiger partial charge in [-0.05, 0) is 24.3 Å². The Hall–Kier alpha value is -2.70. The highest BCUT2D eigenvalue weighted by Gasteiger charge is 2.03. The molecule has 0 aliphatic rings. The summed E-state index contributed by atoms with van der Waals surface area (Å²) in [6, 6.07) is 5.20. The molecule has 1 heterocycles. The quantitative estimate of drug-likeness (QED) is 0.308. The Balaban J connectivity index is 1.96. The van der Waals surface area contributed by atoms with Gasteiger partial charge < -0.3 is 25.6 Å². The van der Waals surface area contributed by atoms with Crippen molar-refractivity contribution in [3.63, 3.8) is 0 Å². The second-order valence-electron chi connectivity index (χ2n) is 4.17. The molecule has 124 valence electrons. The topological polar surface area (TPSA) is 172 Å². The summed E-state index contributed by atoms with van der Waals surface area (Å²) in [6.45, 7) is -0.273. The van der Waals surface area contributed by atoms with Crippen molar-refractivity contribution in [3.05, 3.63) is 34.7 Å². The number of anilines is 3. The van der Waals surface area contributed by atoms with Crippen molar-refractivity contribution in [2.75, 3.05) is 29.3 Å². The molecule has 0 atom stereocenters. The molecule has 1 aromatic heterocycles. The highest BCUT2D eigenvalue weighted by atomic mass is 32.2. The van der Waals surface area contributed by atoms with Crippen molar-refractivity contribution in [3.8, 4) is 0 Å². The minimum Gasteiger partial charge on any atom is -0.744 e. The second-order valence-corrected chi connectivity index (χ2v) is 5.55. The van der Waals surface area contributed by atoms with Crippen molar-refractivity contribution >= 4 is 27.7 Å². The number of aromatic amines is 1. The first-order valence-corrected chi connectivity index (χ1v) is 7.66. The summed E-state index contributed by atoms with van der Waals surface area (Å²) in [6.07, 6.45) is 0. The number of H-pyrrole nitrogens is 1. The number of aliphatic hydroxyl groups is 1. The lowest BCUT2D eigenvalue weighted by atomic mass is 10.3. The van der Waals surface area contributed by atoms with Gasteiger partial charge >= 0.3 is 5.69 Å². The molecule has 5 N–H and O–H groups in total. The molecule has 12 heteroatoms. The van der Waals surface area contributed by atoms with Gasteiger partial charge in [0.05, 0.1) is 11.6 Å². The van der Waals surface area contributed by atoms with E-state index >= 15 is 0 Å². The molecule has 0 bridgehead atoms. The van der Waals surface area contributed by atoms with Crippen LogP contribution < -0.4 is 21.6 Å². The van der Waals surface area contributed by atoms with E-state index in [4.69, 9.17) is 5.11 Å². The normalized spacial score (nSPS) is 11.0. The zero-order chi connectivity index (χ0) is 16.9. The third-order valence-corrected chi connectivity index (χ3v) is 3.43. The molecule has 0 fully saturated rings. The van der Waals surface area contributed by atoms with Crippen molar-refractivity contribution in [2.45, 2.75) is 4.90 Å². The largest absolute Gasteiger partial charge is 0.744 e. The standard InChI is InChI=1S/C11H14N6O5S/c18-6-14-10-15-9(16-11(19)17-10)13-5-12-7-1-3-8(4-2-7)23(20,21)22/h1-4,12,18H,5-6H2,(H,20,21,22)(H3,13,14,15,16,17,19)/p-1. The summed E-state index contributed by atoms with van der Waals surface area (Å²) in [5, 5.41) is 16.7. The fraction of sp³-hybridized carbons (Fsp3) is 0.182. The molecule has 11 nitrogen and oxygen atoms in total. The summed E-state index contributed by atoms with van der Waals surface area (Å²) < 4.78 is 32.4. The van der Waals surface area contributed by atoms with Gasteiger partial charge in [-0.1, -0.05) is 0 Å². The maximum Gasteiger partial charge on any atom is 0.350 e. The Morgan fingerprint density at radius 2 is 1.83 bits per heavy atom. The van der Waals surface area contributed by atoms with E-state index in [2.05, 4.69) is 30.9 Å². The second kappa shape index (κ2) is 7.04. The minimum absolute atomic E-state index is 0.0240. The molecule has 2 aromatic rings. The zero-order valence-electron chi connectivity index (χ0n) is 11.6. The lowest BCUT2D eigenvalue weighted by Crippen LogP contribution is -2.21. The Labute approximate surface area is 130 Å². The van der Waals surface area contributed by atoms with E-state index in [1.165, 1.54) is 24.3 Å². The average Bonchev–Trinajstić information content (AvgIpc) is 2.46. The third-order valence-electron chi connectivity index (χ3n) is 2.58.